The van der Waals surface area contributed by atoms with Crippen LogP contribution in [-0.2, 0) is 13.0 Å². The van der Waals surface area contributed by atoms with Crippen molar-refractivity contribution in [3.8, 4) is 5.75 Å². The molecule has 0 amide bonds. The number of halogens is 2. The average molecular weight is 401 g/mol. The predicted molar refractivity (Wildman–Crippen MR) is 85.6 cm³/mol. The van der Waals surface area contributed by atoms with Crippen LogP contribution in [0.3, 0.4) is 0 Å². The Morgan fingerprint density at radius 1 is 1.25 bits per heavy atom. The first kappa shape index (κ1) is 15.4. The molecule has 0 saturated carbocycles. The van der Waals surface area contributed by atoms with Crippen molar-refractivity contribution in [2.45, 2.75) is 13.0 Å². The molecule has 0 unspecified atom stereocenters. The van der Waals surface area contributed by atoms with Crippen molar-refractivity contribution in [3.05, 3.63) is 50.9 Å². The van der Waals surface area contributed by atoms with E-state index in [0.717, 1.165) is 28.7 Å². The predicted octanol–water partition coefficient (Wildman–Crippen LogP) is 3.38. The van der Waals surface area contributed by atoms with E-state index in [1.807, 2.05) is 19.2 Å². The van der Waals surface area contributed by atoms with Crippen molar-refractivity contribution in [3.63, 3.8) is 0 Å². The molecule has 1 aromatic heterocycles. The summed E-state index contributed by atoms with van der Waals surface area (Å²) in [5.74, 6) is 0.291. The summed E-state index contributed by atoms with van der Waals surface area (Å²) in [7, 11) is 2.02. The van der Waals surface area contributed by atoms with E-state index in [9.17, 15) is 5.11 Å². The Morgan fingerprint density at radius 3 is 2.75 bits per heavy atom. The van der Waals surface area contributed by atoms with Gasteiger partial charge >= 0.3 is 0 Å². The number of aromatic nitrogens is 2. The number of rotatable bonds is 5. The van der Waals surface area contributed by atoms with Crippen molar-refractivity contribution in [1.29, 1.82) is 0 Å². The Bertz CT molecular complexity index is 578. The van der Waals surface area contributed by atoms with E-state index in [0.29, 0.717) is 16.8 Å². The number of phenols is 1. The van der Waals surface area contributed by atoms with E-state index in [4.69, 9.17) is 0 Å². The molecule has 0 aliphatic rings. The maximum Gasteiger partial charge on any atom is 0.134 e. The van der Waals surface area contributed by atoms with Gasteiger partial charge in [-0.05, 0) is 35.1 Å². The van der Waals surface area contributed by atoms with Crippen LogP contribution in [0.15, 0.2) is 39.7 Å². The molecule has 1 heterocycles. The lowest BCUT2D eigenvalue weighted by Crippen LogP contribution is -2.21. The van der Waals surface area contributed by atoms with Gasteiger partial charge in [0.05, 0.1) is 10.2 Å². The first-order valence-corrected chi connectivity index (χ1v) is 7.75. The van der Waals surface area contributed by atoms with E-state index in [-0.39, 0.29) is 0 Å². The third-order valence-corrected chi connectivity index (χ3v) is 3.98. The molecule has 0 fully saturated rings. The second-order valence-corrected chi connectivity index (χ2v) is 6.35. The van der Waals surface area contributed by atoms with Gasteiger partial charge in [0, 0.05) is 48.1 Å². The van der Waals surface area contributed by atoms with Gasteiger partial charge in [0.25, 0.3) is 0 Å². The van der Waals surface area contributed by atoms with Gasteiger partial charge in [-0.1, -0.05) is 15.9 Å². The molecular formula is C14H15Br2N3O. The van der Waals surface area contributed by atoms with E-state index in [1.54, 1.807) is 18.6 Å². The Labute approximate surface area is 135 Å². The third-order valence-electron chi connectivity index (χ3n) is 2.91. The Balaban J connectivity index is 1.96. The number of benzene rings is 1. The zero-order valence-electron chi connectivity index (χ0n) is 11.1. The minimum atomic E-state index is 0.291. The highest BCUT2D eigenvalue weighted by Gasteiger charge is 2.10. The van der Waals surface area contributed by atoms with E-state index in [2.05, 4.69) is 46.7 Å². The van der Waals surface area contributed by atoms with Gasteiger partial charge in [0.2, 0.25) is 0 Å². The smallest absolute Gasteiger partial charge is 0.134 e. The highest BCUT2D eigenvalue weighted by atomic mass is 79.9. The first-order chi connectivity index (χ1) is 9.56. The molecule has 2 rings (SSSR count). The Hall–Kier alpha value is -0.980. The molecule has 6 heteroatoms. The van der Waals surface area contributed by atoms with Gasteiger partial charge in [-0.25, -0.2) is 0 Å². The summed E-state index contributed by atoms with van der Waals surface area (Å²) in [4.78, 5) is 10.4. The molecule has 0 radical (unpaired) electrons. The average Bonchev–Trinajstić information content (AvgIpc) is 2.43. The SMILES string of the molecule is CN(CCc1cnccn1)Cc1cc(Br)cc(Br)c1O. The zero-order valence-corrected chi connectivity index (χ0v) is 14.2. The maximum atomic E-state index is 10.0. The van der Waals surface area contributed by atoms with Crippen LogP contribution in [0.2, 0.25) is 0 Å². The van der Waals surface area contributed by atoms with Crippen molar-refractivity contribution in [2.24, 2.45) is 0 Å². The summed E-state index contributed by atoms with van der Waals surface area (Å²) in [5.41, 5.74) is 1.85. The normalized spacial score (nSPS) is 11.0. The van der Waals surface area contributed by atoms with Crippen LogP contribution < -0.4 is 0 Å². The van der Waals surface area contributed by atoms with Crippen LogP contribution in [0.25, 0.3) is 0 Å². The number of phenolic OH excluding ortho intramolecular Hbond substituents is 1. The Kier molecular flexibility index (Phi) is 5.51. The van der Waals surface area contributed by atoms with E-state index < -0.39 is 0 Å². The van der Waals surface area contributed by atoms with Crippen molar-refractivity contribution in [2.75, 3.05) is 13.6 Å². The van der Waals surface area contributed by atoms with Crippen LogP contribution in [0.4, 0.5) is 0 Å². The van der Waals surface area contributed by atoms with Crippen molar-refractivity contribution in [1.82, 2.24) is 14.9 Å². The van der Waals surface area contributed by atoms with Gasteiger partial charge in [0.1, 0.15) is 5.75 Å². The lowest BCUT2D eigenvalue weighted by atomic mass is 10.2. The molecule has 0 bridgehead atoms. The van der Waals surface area contributed by atoms with Crippen molar-refractivity contribution < 1.29 is 5.11 Å². The monoisotopic (exact) mass is 399 g/mol. The molecule has 0 aliphatic carbocycles. The second kappa shape index (κ2) is 7.15. The molecule has 4 nitrogen and oxygen atoms in total. The molecule has 106 valence electrons. The van der Waals surface area contributed by atoms with Crippen LogP contribution in [0, 0.1) is 0 Å². The van der Waals surface area contributed by atoms with Crippen LogP contribution in [-0.4, -0.2) is 33.6 Å². The summed E-state index contributed by atoms with van der Waals surface area (Å²) < 4.78 is 1.64. The number of nitrogens with zero attached hydrogens (tertiary/aromatic N) is 3. The van der Waals surface area contributed by atoms with E-state index in [1.165, 1.54) is 0 Å². The van der Waals surface area contributed by atoms with Gasteiger partial charge in [-0.2, -0.15) is 0 Å². The highest BCUT2D eigenvalue weighted by molar-refractivity contribution is 9.11. The minimum absolute atomic E-state index is 0.291. The molecule has 0 saturated heterocycles. The number of hydrogen-bond acceptors (Lipinski definition) is 4. The largest absolute Gasteiger partial charge is 0.506 e. The lowest BCUT2D eigenvalue weighted by molar-refractivity contribution is 0.322. The molecule has 0 spiro atoms. The van der Waals surface area contributed by atoms with Gasteiger partial charge < -0.3 is 10.0 Å². The Morgan fingerprint density at radius 2 is 2.05 bits per heavy atom. The fraction of sp³-hybridized carbons (Fsp3) is 0.286. The fourth-order valence-electron chi connectivity index (χ4n) is 1.87. The number of aromatic hydroxyl groups is 1. The molecule has 0 atom stereocenters. The summed E-state index contributed by atoms with van der Waals surface area (Å²) in [6.07, 6.45) is 5.98. The number of likely N-dealkylation sites (N-methyl/N-ethyl adjacent to an activating group) is 1. The third kappa shape index (κ3) is 4.26. The van der Waals surface area contributed by atoms with Gasteiger partial charge in [-0.15, -0.1) is 0 Å². The fourth-order valence-corrected chi connectivity index (χ4v) is 3.19. The van der Waals surface area contributed by atoms with Crippen LogP contribution in [0.1, 0.15) is 11.3 Å². The second-order valence-electron chi connectivity index (χ2n) is 4.58. The molecule has 2 aromatic rings. The molecular weight excluding hydrogens is 386 g/mol. The minimum Gasteiger partial charge on any atom is -0.506 e. The molecule has 20 heavy (non-hydrogen) atoms. The zero-order chi connectivity index (χ0) is 14.5. The molecule has 1 N–H and O–H groups in total. The van der Waals surface area contributed by atoms with Crippen LogP contribution >= 0.6 is 31.9 Å². The van der Waals surface area contributed by atoms with Gasteiger partial charge in [-0.3, -0.25) is 9.97 Å². The summed E-state index contributed by atoms with van der Waals surface area (Å²) in [6, 6.07) is 3.76. The lowest BCUT2D eigenvalue weighted by Gasteiger charge is -2.17. The van der Waals surface area contributed by atoms with Gasteiger partial charge in [0.15, 0.2) is 0 Å². The summed E-state index contributed by atoms with van der Waals surface area (Å²) in [5, 5.41) is 10.0. The topological polar surface area (TPSA) is 49.2 Å². The quantitative estimate of drug-likeness (QED) is 0.835. The summed E-state index contributed by atoms with van der Waals surface area (Å²) in [6.45, 7) is 1.52. The maximum absolute atomic E-state index is 10.0. The van der Waals surface area contributed by atoms with Crippen LogP contribution in [0.5, 0.6) is 5.75 Å². The highest BCUT2D eigenvalue weighted by Crippen LogP contribution is 2.32. The first-order valence-electron chi connectivity index (χ1n) is 6.16. The van der Waals surface area contributed by atoms with Crippen molar-refractivity contribution >= 4 is 31.9 Å². The standard InChI is InChI=1S/C14H15Br2N3O/c1-19(5-2-12-8-17-3-4-18-12)9-10-6-11(15)7-13(16)14(10)20/h3-4,6-8,20H,2,5,9H2,1H3. The number of hydrogen-bond donors (Lipinski definition) is 1. The molecule has 0 aliphatic heterocycles. The van der Waals surface area contributed by atoms with E-state index >= 15 is 0 Å². The summed E-state index contributed by atoms with van der Waals surface area (Å²) >= 11 is 6.78. The molecule has 1 aromatic carbocycles.